The molecule has 0 heterocycles. The van der Waals surface area contributed by atoms with Gasteiger partial charge in [0.2, 0.25) is 0 Å². The standard InChI is InChI=1S/C12H18O/c1-4-9-13-11(3)12-7-5-10(2)6-8-12/h5-8,11H,4,9H2,1-3H3. The first-order valence-corrected chi connectivity index (χ1v) is 4.92. The second-order valence-corrected chi connectivity index (χ2v) is 3.42. The van der Waals surface area contributed by atoms with Crippen molar-refractivity contribution >= 4 is 0 Å². The molecular formula is C12H18O. The van der Waals surface area contributed by atoms with Crippen LogP contribution in [0.5, 0.6) is 0 Å². The van der Waals surface area contributed by atoms with Gasteiger partial charge in [0.25, 0.3) is 0 Å². The van der Waals surface area contributed by atoms with Crippen molar-refractivity contribution in [2.75, 3.05) is 6.61 Å². The summed E-state index contributed by atoms with van der Waals surface area (Å²) in [6, 6.07) is 8.52. The van der Waals surface area contributed by atoms with Crippen LogP contribution >= 0.6 is 0 Å². The van der Waals surface area contributed by atoms with Gasteiger partial charge in [0.15, 0.2) is 0 Å². The van der Waals surface area contributed by atoms with E-state index in [1.165, 1.54) is 11.1 Å². The molecule has 0 aliphatic heterocycles. The van der Waals surface area contributed by atoms with Gasteiger partial charge >= 0.3 is 0 Å². The lowest BCUT2D eigenvalue weighted by molar-refractivity contribution is 0.0663. The molecule has 0 saturated heterocycles. The molecule has 13 heavy (non-hydrogen) atoms. The van der Waals surface area contributed by atoms with Crippen LogP contribution in [0.3, 0.4) is 0 Å². The van der Waals surface area contributed by atoms with Gasteiger partial charge in [-0.2, -0.15) is 0 Å². The summed E-state index contributed by atoms with van der Waals surface area (Å²) in [5.41, 5.74) is 2.56. The molecule has 72 valence electrons. The van der Waals surface area contributed by atoms with Gasteiger partial charge in [-0.3, -0.25) is 0 Å². The smallest absolute Gasteiger partial charge is 0.0796 e. The van der Waals surface area contributed by atoms with Gasteiger partial charge in [0.05, 0.1) is 6.10 Å². The van der Waals surface area contributed by atoms with Crippen LogP contribution in [0.15, 0.2) is 24.3 Å². The number of rotatable bonds is 4. The topological polar surface area (TPSA) is 9.23 Å². The predicted molar refractivity (Wildman–Crippen MR) is 55.8 cm³/mol. The molecule has 0 aliphatic rings. The highest BCUT2D eigenvalue weighted by molar-refractivity contribution is 5.22. The van der Waals surface area contributed by atoms with Crippen LogP contribution in [0.4, 0.5) is 0 Å². The van der Waals surface area contributed by atoms with Crippen molar-refractivity contribution in [3.63, 3.8) is 0 Å². The van der Waals surface area contributed by atoms with E-state index >= 15 is 0 Å². The van der Waals surface area contributed by atoms with E-state index in [1.807, 2.05) is 0 Å². The summed E-state index contributed by atoms with van der Waals surface area (Å²) >= 11 is 0. The highest BCUT2D eigenvalue weighted by atomic mass is 16.5. The molecule has 1 aromatic rings. The molecule has 1 aromatic carbocycles. The van der Waals surface area contributed by atoms with Crippen molar-refractivity contribution in [2.24, 2.45) is 0 Å². The molecule has 1 heteroatoms. The molecule has 1 atom stereocenters. The third-order valence-electron chi connectivity index (χ3n) is 2.12. The fourth-order valence-electron chi connectivity index (χ4n) is 1.23. The minimum atomic E-state index is 0.223. The van der Waals surface area contributed by atoms with E-state index in [1.54, 1.807) is 0 Å². The summed E-state index contributed by atoms with van der Waals surface area (Å²) < 4.78 is 5.62. The van der Waals surface area contributed by atoms with E-state index in [4.69, 9.17) is 4.74 Å². The Bertz CT molecular complexity index is 238. The van der Waals surface area contributed by atoms with Gasteiger partial charge in [0.1, 0.15) is 0 Å². The molecule has 1 rings (SSSR count). The third kappa shape index (κ3) is 3.19. The Labute approximate surface area is 80.7 Å². The average Bonchev–Trinajstić information content (AvgIpc) is 2.15. The fraction of sp³-hybridized carbons (Fsp3) is 0.500. The van der Waals surface area contributed by atoms with Gasteiger partial charge in [0, 0.05) is 6.61 Å². The Hall–Kier alpha value is -0.820. The molecule has 0 N–H and O–H groups in total. The summed E-state index contributed by atoms with van der Waals surface area (Å²) in [5.74, 6) is 0. The highest BCUT2D eigenvalue weighted by Gasteiger charge is 2.03. The summed E-state index contributed by atoms with van der Waals surface area (Å²) in [4.78, 5) is 0. The van der Waals surface area contributed by atoms with Crippen molar-refractivity contribution in [2.45, 2.75) is 33.3 Å². The van der Waals surface area contributed by atoms with Crippen molar-refractivity contribution < 1.29 is 4.74 Å². The van der Waals surface area contributed by atoms with Gasteiger partial charge < -0.3 is 4.74 Å². The van der Waals surface area contributed by atoms with Gasteiger partial charge in [-0.15, -0.1) is 0 Å². The normalized spacial score (nSPS) is 12.8. The first-order valence-electron chi connectivity index (χ1n) is 4.92. The molecule has 0 aromatic heterocycles. The van der Waals surface area contributed by atoms with E-state index < -0.39 is 0 Å². The Balaban J connectivity index is 2.55. The number of hydrogen-bond donors (Lipinski definition) is 0. The summed E-state index contributed by atoms with van der Waals surface area (Å²) in [6.07, 6.45) is 1.30. The van der Waals surface area contributed by atoms with Crippen LogP contribution in [0.1, 0.15) is 37.5 Å². The number of benzene rings is 1. The maximum absolute atomic E-state index is 5.62. The van der Waals surface area contributed by atoms with Gasteiger partial charge in [-0.1, -0.05) is 36.8 Å². The first-order chi connectivity index (χ1) is 6.24. The monoisotopic (exact) mass is 178 g/mol. The van der Waals surface area contributed by atoms with Crippen molar-refractivity contribution in [3.05, 3.63) is 35.4 Å². The van der Waals surface area contributed by atoms with Crippen molar-refractivity contribution in [3.8, 4) is 0 Å². The van der Waals surface area contributed by atoms with Crippen molar-refractivity contribution in [1.29, 1.82) is 0 Å². The summed E-state index contributed by atoms with van der Waals surface area (Å²) in [5, 5.41) is 0. The largest absolute Gasteiger partial charge is 0.374 e. The molecule has 0 amide bonds. The minimum absolute atomic E-state index is 0.223. The maximum atomic E-state index is 5.62. The van der Waals surface area contributed by atoms with Gasteiger partial charge in [-0.25, -0.2) is 0 Å². The quantitative estimate of drug-likeness (QED) is 0.685. The second kappa shape index (κ2) is 5.03. The summed E-state index contributed by atoms with van der Waals surface area (Å²) in [7, 11) is 0. The average molecular weight is 178 g/mol. The lowest BCUT2D eigenvalue weighted by Crippen LogP contribution is -2.00. The maximum Gasteiger partial charge on any atom is 0.0796 e. The summed E-state index contributed by atoms with van der Waals surface area (Å²) in [6.45, 7) is 7.17. The van der Waals surface area contributed by atoms with Crippen LogP contribution < -0.4 is 0 Å². The second-order valence-electron chi connectivity index (χ2n) is 3.42. The SMILES string of the molecule is CCCOC(C)c1ccc(C)cc1. The third-order valence-corrected chi connectivity index (χ3v) is 2.12. The van der Waals surface area contributed by atoms with E-state index in [2.05, 4.69) is 45.0 Å². The van der Waals surface area contributed by atoms with Crippen LogP contribution in [0, 0.1) is 6.92 Å². The number of aryl methyl sites for hydroxylation is 1. The fourth-order valence-corrected chi connectivity index (χ4v) is 1.23. The molecule has 1 unspecified atom stereocenters. The zero-order chi connectivity index (χ0) is 9.68. The molecule has 0 radical (unpaired) electrons. The lowest BCUT2D eigenvalue weighted by Gasteiger charge is -2.12. The molecule has 0 aliphatic carbocycles. The van der Waals surface area contributed by atoms with Crippen LogP contribution in [-0.2, 0) is 4.74 Å². The zero-order valence-corrected chi connectivity index (χ0v) is 8.71. The predicted octanol–water partition coefficient (Wildman–Crippen LogP) is 3.48. The number of ether oxygens (including phenoxy) is 1. The van der Waals surface area contributed by atoms with E-state index in [0.717, 1.165) is 13.0 Å². The number of hydrogen-bond acceptors (Lipinski definition) is 1. The van der Waals surface area contributed by atoms with Crippen molar-refractivity contribution in [1.82, 2.24) is 0 Å². The minimum Gasteiger partial charge on any atom is -0.374 e. The van der Waals surface area contributed by atoms with E-state index in [0.29, 0.717) is 0 Å². The van der Waals surface area contributed by atoms with Crippen LogP contribution in [0.25, 0.3) is 0 Å². The molecule has 0 bridgehead atoms. The highest BCUT2D eigenvalue weighted by Crippen LogP contribution is 2.16. The van der Waals surface area contributed by atoms with Crippen LogP contribution in [0.2, 0.25) is 0 Å². The Morgan fingerprint density at radius 3 is 2.38 bits per heavy atom. The first kappa shape index (κ1) is 10.3. The van der Waals surface area contributed by atoms with E-state index in [-0.39, 0.29) is 6.10 Å². The van der Waals surface area contributed by atoms with Gasteiger partial charge in [-0.05, 0) is 25.8 Å². The van der Waals surface area contributed by atoms with Crippen LogP contribution in [-0.4, -0.2) is 6.61 Å². The Kier molecular flexibility index (Phi) is 3.97. The molecule has 1 nitrogen and oxygen atoms in total. The lowest BCUT2D eigenvalue weighted by atomic mass is 10.1. The molecular weight excluding hydrogens is 160 g/mol. The zero-order valence-electron chi connectivity index (χ0n) is 8.71. The van der Waals surface area contributed by atoms with E-state index in [9.17, 15) is 0 Å². The Morgan fingerprint density at radius 1 is 1.23 bits per heavy atom. The molecule has 0 fully saturated rings. The molecule has 0 saturated carbocycles. The molecule has 0 spiro atoms. The Morgan fingerprint density at radius 2 is 1.85 bits per heavy atom.